The highest BCUT2D eigenvalue weighted by atomic mass is 123. The van der Waals surface area contributed by atoms with Gasteiger partial charge in [0.25, 0.3) is 0 Å². The van der Waals surface area contributed by atoms with Crippen molar-refractivity contribution < 1.29 is 0 Å². The molecular weight excluding hydrogens is 207 g/mol. The fraction of sp³-hybridized carbons (Fsp3) is 0.143. The normalized spacial score (nSPS) is 9.25. The second-order valence-corrected chi connectivity index (χ2v) is 2.91. The lowest BCUT2D eigenvalue weighted by atomic mass is 10.2. The molecule has 0 saturated carbocycles. The highest BCUT2D eigenvalue weighted by molar-refractivity contribution is 14.1. The summed E-state index contributed by atoms with van der Waals surface area (Å²) in [5, 5.41) is 0. The van der Waals surface area contributed by atoms with Gasteiger partial charge in [0.2, 0.25) is 0 Å². The quantitative estimate of drug-likeness (QED) is 0.582. The Bertz CT molecular complexity index is 160. The molecule has 0 unspecified atom stereocenters. The highest BCUT2D eigenvalue weighted by Crippen LogP contribution is 2.08. The molecule has 0 nitrogen and oxygen atoms in total. The first-order valence-electron chi connectivity index (χ1n) is 2.52. The molecule has 0 aliphatic rings. The second-order valence-electron chi connectivity index (χ2n) is 1.75. The van der Waals surface area contributed by atoms with Crippen LogP contribution in [-0.2, 0) is 0 Å². The van der Waals surface area contributed by atoms with E-state index in [1.807, 2.05) is 0 Å². The van der Waals surface area contributed by atoms with Crippen LogP contribution in [0.2, 0.25) is 0 Å². The average molecular weight is 214 g/mol. The summed E-state index contributed by atoms with van der Waals surface area (Å²) in [5.41, 5.74) is 1.35. The summed E-state index contributed by atoms with van der Waals surface area (Å²) in [7, 11) is 0. The molecule has 0 aliphatic heterocycles. The van der Waals surface area contributed by atoms with E-state index in [-0.39, 0.29) is 0 Å². The van der Waals surface area contributed by atoms with Crippen LogP contribution in [0.15, 0.2) is 24.3 Å². The van der Waals surface area contributed by atoms with Crippen LogP contribution in [-0.4, -0.2) is 0 Å². The van der Waals surface area contributed by atoms with Gasteiger partial charge in [0, 0.05) is 3.57 Å². The van der Waals surface area contributed by atoms with Crippen molar-refractivity contribution in [3.05, 3.63) is 33.4 Å². The molecule has 8 heavy (non-hydrogen) atoms. The Balaban J connectivity index is 3.13. The van der Waals surface area contributed by atoms with Gasteiger partial charge in [-0.3, -0.25) is 0 Å². The first kappa shape index (κ1) is 6.08. The van der Waals surface area contributed by atoms with Crippen molar-refractivity contribution in [2.45, 2.75) is 6.92 Å². The number of benzene rings is 1. The first-order chi connectivity index (χ1) is 3.80. The SMILES string of the molecule is Cc1ccccc1[123I]. The predicted octanol–water partition coefficient (Wildman–Crippen LogP) is 2.60. The lowest BCUT2D eigenvalue weighted by molar-refractivity contribution is 1.43. The van der Waals surface area contributed by atoms with E-state index in [1.54, 1.807) is 0 Å². The van der Waals surface area contributed by atoms with E-state index in [0.717, 1.165) is 0 Å². The van der Waals surface area contributed by atoms with E-state index in [1.165, 1.54) is 9.13 Å². The second kappa shape index (κ2) is 2.49. The molecular formula is C7H7I. The predicted molar refractivity (Wildman–Crippen MR) is 43.9 cm³/mol. The van der Waals surface area contributed by atoms with Crippen LogP contribution in [0.3, 0.4) is 0 Å². The number of hydrogen-bond acceptors (Lipinski definition) is 0. The molecule has 0 spiro atoms. The standard InChI is InChI=1S/C7H7I/c1-6-4-2-3-5-7(6)8/h2-5H,1H3/i8-4. The van der Waals surface area contributed by atoms with E-state index in [2.05, 4.69) is 53.8 Å². The first-order valence-corrected chi connectivity index (χ1v) is 3.60. The summed E-state index contributed by atoms with van der Waals surface area (Å²) in [6.07, 6.45) is 0. The Kier molecular flexibility index (Phi) is 1.89. The minimum atomic E-state index is 1.34. The lowest BCUT2D eigenvalue weighted by Crippen LogP contribution is -1.74. The molecule has 0 N–H and O–H groups in total. The summed E-state index contributed by atoms with van der Waals surface area (Å²) in [6.45, 7) is 2.11. The Labute approximate surface area is 63.1 Å². The van der Waals surface area contributed by atoms with Gasteiger partial charge in [-0.15, -0.1) is 0 Å². The van der Waals surface area contributed by atoms with Gasteiger partial charge in [-0.1, -0.05) is 18.2 Å². The third-order valence-electron chi connectivity index (χ3n) is 1.08. The minimum absolute atomic E-state index is 1.34. The largest absolute Gasteiger partial charge is 0.0619 e. The van der Waals surface area contributed by atoms with Crippen LogP contribution in [0.25, 0.3) is 0 Å². The maximum atomic E-state index is 2.32. The smallest absolute Gasteiger partial charge is 0.0159 e. The Hall–Kier alpha value is -0.0500. The number of aryl methyl sites for hydroxylation is 1. The molecule has 1 heteroatoms. The van der Waals surface area contributed by atoms with Gasteiger partial charge >= 0.3 is 0 Å². The van der Waals surface area contributed by atoms with Gasteiger partial charge in [-0.2, -0.15) is 0 Å². The summed E-state index contributed by atoms with van der Waals surface area (Å²) < 4.78 is 1.34. The summed E-state index contributed by atoms with van der Waals surface area (Å²) in [4.78, 5) is 0. The van der Waals surface area contributed by atoms with Crippen molar-refractivity contribution in [2.75, 3.05) is 0 Å². The van der Waals surface area contributed by atoms with Gasteiger partial charge in [-0.25, -0.2) is 0 Å². The molecule has 0 fully saturated rings. The van der Waals surface area contributed by atoms with E-state index >= 15 is 0 Å². The van der Waals surface area contributed by atoms with E-state index in [0.29, 0.717) is 0 Å². The Morgan fingerprint density at radius 1 is 1.25 bits per heavy atom. The van der Waals surface area contributed by atoms with Gasteiger partial charge in [0.1, 0.15) is 0 Å². The zero-order valence-corrected chi connectivity index (χ0v) is 6.84. The molecule has 0 aromatic heterocycles. The van der Waals surface area contributed by atoms with Crippen molar-refractivity contribution in [1.82, 2.24) is 0 Å². The van der Waals surface area contributed by atoms with Crippen molar-refractivity contribution in [1.29, 1.82) is 0 Å². The van der Waals surface area contributed by atoms with Crippen LogP contribution in [0.1, 0.15) is 5.56 Å². The average Bonchev–Trinajstić information content (AvgIpc) is 1.77. The van der Waals surface area contributed by atoms with Gasteiger partial charge in [0.05, 0.1) is 0 Å². The van der Waals surface area contributed by atoms with Gasteiger partial charge in [-0.05, 0) is 41.1 Å². The van der Waals surface area contributed by atoms with Crippen molar-refractivity contribution in [3.63, 3.8) is 0 Å². The van der Waals surface area contributed by atoms with Crippen LogP contribution in [0.5, 0.6) is 0 Å². The third-order valence-corrected chi connectivity index (χ3v) is 2.29. The lowest BCUT2D eigenvalue weighted by Gasteiger charge is -1.91. The molecule has 0 radical (unpaired) electrons. The Morgan fingerprint density at radius 3 is 2.25 bits per heavy atom. The fourth-order valence-electron chi connectivity index (χ4n) is 0.551. The van der Waals surface area contributed by atoms with E-state index in [4.69, 9.17) is 0 Å². The van der Waals surface area contributed by atoms with Crippen LogP contribution < -0.4 is 0 Å². The topological polar surface area (TPSA) is 0 Å². The highest BCUT2D eigenvalue weighted by Gasteiger charge is 1.85. The van der Waals surface area contributed by atoms with Crippen LogP contribution in [0.4, 0.5) is 0 Å². The summed E-state index contributed by atoms with van der Waals surface area (Å²) in [5.74, 6) is 0. The zero-order valence-electron chi connectivity index (χ0n) is 4.69. The molecule has 1 aromatic carbocycles. The fourth-order valence-corrected chi connectivity index (χ4v) is 0.938. The number of rotatable bonds is 0. The molecule has 0 aliphatic carbocycles. The molecule has 1 rings (SSSR count). The summed E-state index contributed by atoms with van der Waals surface area (Å²) >= 11 is 2.32. The van der Waals surface area contributed by atoms with Gasteiger partial charge < -0.3 is 0 Å². The van der Waals surface area contributed by atoms with Crippen molar-refractivity contribution >= 4 is 22.6 Å². The molecule has 0 amide bonds. The van der Waals surface area contributed by atoms with Crippen LogP contribution in [0, 0.1) is 10.5 Å². The van der Waals surface area contributed by atoms with Crippen LogP contribution >= 0.6 is 22.6 Å². The monoisotopic (exact) mass is 214 g/mol. The van der Waals surface area contributed by atoms with E-state index in [9.17, 15) is 0 Å². The maximum absolute atomic E-state index is 2.32. The molecule has 1 aromatic rings. The molecule has 42 valence electrons. The zero-order chi connectivity index (χ0) is 5.98. The van der Waals surface area contributed by atoms with E-state index < -0.39 is 0 Å². The maximum Gasteiger partial charge on any atom is 0.0159 e. The molecule has 0 atom stereocenters. The molecule has 0 bridgehead atoms. The molecule has 0 saturated heterocycles. The molecule has 0 heterocycles. The number of halogens is 1. The van der Waals surface area contributed by atoms with Crippen molar-refractivity contribution in [2.24, 2.45) is 0 Å². The third kappa shape index (κ3) is 1.22. The van der Waals surface area contributed by atoms with Crippen molar-refractivity contribution in [3.8, 4) is 0 Å². The summed E-state index contributed by atoms with van der Waals surface area (Å²) in [6, 6.07) is 8.32. The number of hydrogen-bond donors (Lipinski definition) is 0. The Morgan fingerprint density at radius 2 is 1.88 bits per heavy atom. The van der Waals surface area contributed by atoms with Gasteiger partial charge in [0.15, 0.2) is 0 Å². The minimum Gasteiger partial charge on any atom is -0.0619 e.